The first-order chi connectivity index (χ1) is 16.0. The first-order valence-electron chi connectivity index (χ1n) is 11.8. The number of likely N-dealkylation sites (N-methyl/N-ethyl adjacent to an activating group) is 1. The molecule has 170 valence electrons. The van der Waals surface area contributed by atoms with Gasteiger partial charge in [0.1, 0.15) is 0 Å². The number of anilines is 1. The third kappa shape index (κ3) is 4.39. The highest BCUT2D eigenvalue weighted by atomic mass is 15.3. The second-order valence-electron chi connectivity index (χ2n) is 9.32. The molecule has 5 heteroatoms. The molecule has 3 aromatic rings. The SMILES string of the molecule is C=C1CCc2cc(CCN(CCN)Cc3cnn(-c4ccc5c(c4)N(C)C(=C)C5)c3)ccc21. The van der Waals surface area contributed by atoms with E-state index in [9.17, 15) is 0 Å². The number of hydrogen-bond acceptors (Lipinski definition) is 4. The van der Waals surface area contributed by atoms with Gasteiger partial charge in [0.25, 0.3) is 0 Å². The van der Waals surface area contributed by atoms with E-state index in [-0.39, 0.29) is 0 Å². The summed E-state index contributed by atoms with van der Waals surface area (Å²) in [6, 6.07) is 13.4. The van der Waals surface area contributed by atoms with Gasteiger partial charge in [-0.25, -0.2) is 4.68 Å². The molecule has 33 heavy (non-hydrogen) atoms. The molecule has 5 rings (SSSR count). The number of nitrogens with zero attached hydrogens (tertiary/aromatic N) is 4. The van der Waals surface area contributed by atoms with Crippen molar-refractivity contribution in [2.45, 2.75) is 32.2 Å². The van der Waals surface area contributed by atoms with Crippen LogP contribution in [0.15, 0.2) is 67.6 Å². The van der Waals surface area contributed by atoms with Crippen LogP contribution < -0.4 is 10.6 Å². The number of aryl methyl sites for hydroxylation is 1. The Morgan fingerprint density at radius 3 is 2.76 bits per heavy atom. The molecule has 0 unspecified atom stereocenters. The van der Waals surface area contributed by atoms with Crippen molar-refractivity contribution < 1.29 is 0 Å². The molecule has 0 radical (unpaired) electrons. The van der Waals surface area contributed by atoms with Crippen LogP contribution >= 0.6 is 0 Å². The van der Waals surface area contributed by atoms with Crippen LogP contribution in [0.1, 0.15) is 34.2 Å². The normalized spacial score (nSPS) is 14.9. The number of hydrogen-bond donors (Lipinski definition) is 1. The summed E-state index contributed by atoms with van der Waals surface area (Å²) in [5.41, 5.74) is 17.4. The van der Waals surface area contributed by atoms with Gasteiger partial charge in [-0.15, -0.1) is 0 Å². The molecular weight excluding hydrogens is 406 g/mol. The summed E-state index contributed by atoms with van der Waals surface area (Å²) in [6.07, 6.45) is 8.27. The second kappa shape index (κ2) is 9.00. The van der Waals surface area contributed by atoms with Crippen molar-refractivity contribution in [3.63, 3.8) is 0 Å². The van der Waals surface area contributed by atoms with E-state index in [4.69, 9.17) is 5.73 Å². The molecular formula is C28H33N5. The lowest BCUT2D eigenvalue weighted by molar-refractivity contribution is 0.276. The van der Waals surface area contributed by atoms with Gasteiger partial charge in [0.15, 0.2) is 0 Å². The van der Waals surface area contributed by atoms with Crippen molar-refractivity contribution in [1.29, 1.82) is 0 Å². The van der Waals surface area contributed by atoms with Gasteiger partial charge in [0.05, 0.1) is 11.9 Å². The zero-order valence-electron chi connectivity index (χ0n) is 19.6. The summed E-state index contributed by atoms with van der Waals surface area (Å²) >= 11 is 0. The lowest BCUT2D eigenvalue weighted by Gasteiger charge is -2.21. The molecule has 5 nitrogen and oxygen atoms in total. The molecule has 0 atom stereocenters. The van der Waals surface area contributed by atoms with E-state index in [2.05, 4.69) is 77.7 Å². The zero-order chi connectivity index (χ0) is 22.9. The average molecular weight is 440 g/mol. The summed E-state index contributed by atoms with van der Waals surface area (Å²) in [6.45, 7) is 11.7. The van der Waals surface area contributed by atoms with Gasteiger partial charge in [-0.05, 0) is 59.2 Å². The Bertz CT molecular complexity index is 1200. The maximum absolute atomic E-state index is 5.93. The van der Waals surface area contributed by atoms with E-state index in [1.54, 1.807) is 0 Å². The lowest BCUT2D eigenvalue weighted by Crippen LogP contribution is -2.31. The molecule has 0 fully saturated rings. The van der Waals surface area contributed by atoms with Crippen LogP contribution in [0, 0.1) is 0 Å². The Labute approximate surface area is 196 Å². The van der Waals surface area contributed by atoms with Gasteiger partial charge in [-0.1, -0.05) is 37.4 Å². The van der Waals surface area contributed by atoms with E-state index in [0.29, 0.717) is 6.54 Å². The summed E-state index contributed by atoms with van der Waals surface area (Å²) in [4.78, 5) is 4.59. The van der Waals surface area contributed by atoms with Crippen LogP contribution in [0.4, 0.5) is 5.69 Å². The molecule has 0 saturated heterocycles. The van der Waals surface area contributed by atoms with Gasteiger partial charge in [0.2, 0.25) is 0 Å². The number of allylic oxidation sites excluding steroid dienone is 2. The summed E-state index contributed by atoms with van der Waals surface area (Å²) in [5, 5.41) is 4.64. The van der Waals surface area contributed by atoms with Crippen LogP contribution in [0.2, 0.25) is 0 Å². The molecule has 0 saturated carbocycles. The second-order valence-corrected chi connectivity index (χ2v) is 9.32. The van der Waals surface area contributed by atoms with Crippen molar-refractivity contribution >= 4 is 11.3 Å². The van der Waals surface area contributed by atoms with Crippen LogP contribution in [0.25, 0.3) is 11.3 Å². The number of fused-ring (bicyclic) bond motifs is 2. The van der Waals surface area contributed by atoms with Crippen LogP contribution in [0.5, 0.6) is 0 Å². The third-order valence-electron chi connectivity index (χ3n) is 7.01. The number of benzene rings is 2. The third-order valence-corrected chi connectivity index (χ3v) is 7.01. The van der Waals surface area contributed by atoms with Crippen molar-refractivity contribution in [2.24, 2.45) is 5.73 Å². The summed E-state index contributed by atoms with van der Waals surface area (Å²) in [5.74, 6) is 0. The first kappa shape index (κ1) is 21.7. The van der Waals surface area contributed by atoms with E-state index >= 15 is 0 Å². The predicted octanol–water partition coefficient (Wildman–Crippen LogP) is 4.34. The van der Waals surface area contributed by atoms with Gasteiger partial charge < -0.3 is 10.6 Å². The molecule has 0 amide bonds. The fraction of sp³-hybridized carbons (Fsp3) is 0.321. The first-order valence-corrected chi connectivity index (χ1v) is 11.8. The Hall–Kier alpha value is -3.15. The number of nitrogens with two attached hydrogens (primary N) is 1. The minimum Gasteiger partial charge on any atom is -0.348 e. The number of aromatic nitrogens is 2. The molecule has 2 aliphatic rings. The molecule has 0 bridgehead atoms. The van der Waals surface area contributed by atoms with Gasteiger partial charge in [-0.3, -0.25) is 4.90 Å². The largest absolute Gasteiger partial charge is 0.348 e. The van der Waals surface area contributed by atoms with Gasteiger partial charge in [0, 0.05) is 62.8 Å². The monoisotopic (exact) mass is 439 g/mol. The smallest absolute Gasteiger partial charge is 0.0666 e. The van der Waals surface area contributed by atoms with Crippen LogP contribution in [-0.4, -0.2) is 41.4 Å². The fourth-order valence-corrected chi connectivity index (χ4v) is 5.02. The minimum atomic E-state index is 0.652. The van der Waals surface area contributed by atoms with E-state index in [1.807, 2.05) is 10.9 Å². The van der Waals surface area contributed by atoms with Gasteiger partial charge in [-0.2, -0.15) is 5.10 Å². The molecule has 2 aromatic carbocycles. The highest BCUT2D eigenvalue weighted by Crippen LogP contribution is 2.34. The minimum absolute atomic E-state index is 0.652. The summed E-state index contributed by atoms with van der Waals surface area (Å²) in [7, 11) is 2.08. The van der Waals surface area contributed by atoms with E-state index < -0.39 is 0 Å². The molecule has 1 aliphatic heterocycles. The molecule has 2 heterocycles. The molecule has 1 aliphatic carbocycles. The maximum Gasteiger partial charge on any atom is 0.0666 e. The Morgan fingerprint density at radius 1 is 1.03 bits per heavy atom. The molecule has 1 aromatic heterocycles. The predicted molar refractivity (Wildman–Crippen MR) is 137 cm³/mol. The van der Waals surface area contributed by atoms with Crippen molar-refractivity contribution in [1.82, 2.24) is 14.7 Å². The lowest BCUT2D eigenvalue weighted by atomic mass is 10.0. The standard InChI is InChI=1S/C28H33N5/c1-20-4-6-24-15-22(5-9-27(20)24)10-12-32(13-11-29)18-23-17-30-33(19-23)26-8-7-25-14-21(2)31(3)28(25)16-26/h5,7-9,15-17,19H,1-2,4,6,10-14,18,29H2,3H3. The van der Waals surface area contributed by atoms with Gasteiger partial charge >= 0.3 is 0 Å². The van der Waals surface area contributed by atoms with E-state index in [0.717, 1.165) is 56.7 Å². The Balaban J connectivity index is 1.25. The number of rotatable bonds is 8. The van der Waals surface area contributed by atoms with Crippen molar-refractivity contribution in [3.05, 3.63) is 95.5 Å². The Kier molecular flexibility index (Phi) is 5.92. The van der Waals surface area contributed by atoms with E-state index in [1.165, 1.54) is 39.1 Å². The van der Waals surface area contributed by atoms with Crippen molar-refractivity contribution in [3.8, 4) is 5.69 Å². The fourth-order valence-electron chi connectivity index (χ4n) is 5.02. The zero-order valence-corrected chi connectivity index (χ0v) is 19.6. The van der Waals surface area contributed by atoms with Crippen LogP contribution in [0.3, 0.4) is 0 Å². The summed E-state index contributed by atoms with van der Waals surface area (Å²) < 4.78 is 1.97. The molecule has 2 N–H and O–H groups in total. The average Bonchev–Trinajstić information content (AvgIpc) is 3.50. The topological polar surface area (TPSA) is 50.3 Å². The molecule has 0 spiro atoms. The van der Waals surface area contributed by atoms with Crippen LogP contribution in [-0.2, 0) is 25.8 Å². The maximum atomic E-state index is 5.93. The van der Waals surface area contributed by atoms with Crippen molar-refractivity contribution in [2.75, 3.05) is 31.6 Å². The highest BCUT2D eigenvalue weighted by molar-refractivity contribution is 5.71. The quantitative estimate of drug-likeness (QED) is 0.567. The highest BCUT2D eigenvalue weighted by Gasteiger charge is 2.20. The Morgan fingerprint density at radius 2 is 1.91 bits per heavy atom.